The van der Waals surface area contributed by atoms with Gasteiger partial charge in [0.2, 0.25) is 11.8 Å². The fourth-order valence-corrected chi connectivity index (χ4v) is 3.83. The highest BCUT2D eigenvalue weighted by molar-refractivity contribution is 6.23. The molecule has 136 valence electrons. The van der Waals surface area contributed by atoms with E-state index in [1.165, 1.54) is 4.90 Å². The van der Waals surface area contributed by atoms with Crippen LogP contribution in [0.1, 0.15) is 20.8 Å². The zero-order chi connectivity index (χ0) is 18.7. The summed E-state index contributed by atoms with van der Waals surface area (Å²) in [6, 6.07) is 8.77. The summed E-state index contributed by atoms with van der Waals surface area (Å²) < 4.78 is 11.1. The molecule has 2 bridgehead atoms. The van der Waals surface area contributed by atoms with Crippen LogP contribution in [0, 0.1) is 11.8 Å². The van der Waals surface area contributed by atoms with Crippen molar-refractivity contribution in [1.82, 2.24) is 5.32 Å². The Morgan fingerprint density at radius 2 is 1.88 bits per heavy atom. The Morgan fingerprint density at radius 3 is 2.54 bits per heavy atom. The molecular weight excluding hydrogens is 336 g/mol. The SMILES string of the molecule is CC(C)(C)OC(=O)N[C@@]12C=C[C@@H](O1)[C@H]1C(=O)N(c3ccccc3)C(=O)[C@H]12. The molecule has 4 atom stereocenters. The molecule has 1 N–H and O–H groups in total. The van der Waals surface area contributed by atoms with E-state index in [1.54, 1.807) is 57.2 Å². The quantitative estimate of drug-likeness (QED) is 0.647. The minimum absolute atomic E-state index is 0.312. The van der Waals surface area contributed by atoms with Gasteiger partial charge in [0.25, 0.3) is 0 Å². The summed E-state index contributed by atoms with van der Waals surface area (Å²) >= 11 is 0. The molecule has 0 aromatic heterocycles. The molecule has 3 amide bonds. The first-order valence-corrected chi connectivity index (χ1v) is 8.53. The number of para-hydroxylation sites is 1. The smallest absolute Gasteiger partial charge is 0.410 e. The van der Waals surface area contributed by atoms with Gasteiger partial charge in [-0.3, -0.25) is 14.9 Å². The highest BCUT2D eigenvalue weighted by atomic mass is 16.6. The lowest BCUT2D eigenvalue weighted by molar-refractivity contribution is -0.127. The molecule has 0 spiro atoms. The minimum atomic E-state index is -1.35. The average molecular weight is 356 g/mol. The van der Waals surface area contributed by atoms with Crippen LogP contribution in [0.3, 0.4) is 0 Å². The van der Waals surface area contributed by atoms with Crippen molar-refractivity contribution in [3.63, 3.8) is 0 Å². The number of nitrogens with zero attached hydrogens (tertiary/aromatic N) is 1. The summed E-state index contributed by atoms with van der Waals surface area (Å²) in [4.78, 5) is 39.4. The Bertz CT molecular complexity index is 813. The number of nitrogens with one attached hydrogen (secondary N) is 1. The zero-order valence-electron chi connectivity index (χ0n) is 14.8. The van der Waals surface area contributed by atoms with Gasteiger partial charge in [-0.1, -0.05) is 24.3 Å². The number of ether oxygens (including phenoxy) is 2. The summed E-state index contributed by atoms with van der Waals surface area (Å²) in [6.45, 7) is 5.24. The molecule has 7 heteroatoms. The zero-order valence-corrected chi connectivity index (χ0v) is 14.8. The van der Waals surface area contributed by atoms with Gasteiger partial charge in [0, 0.05) is 0 Å². The first-order chi connectivity index (χ1) is 12.2. The Hall–Kier alpha value is -2.67. The van der Waals surface area contributed by atoms with E-state index >= 15 is 0 Å². The van der Waals surface area contributed by atoms with Crippen molar-refractivity contribution in [1.29, 1.82) is 0 Å². The number of imide groups is 1. The molecule has 0 aliphatic carbocycles. The maximum absolute atomic E-state index is 13.1. The van der Waals surface area contributed by atoms with Gasteiger partial charge in [-0.25, -0.2) is 9.69 Å². The first kappa shape index (κ1) is 16.8. The highest BCUT2D eigenvalue weighted by Gasteiger charge is 2.68. The fraction of sp³-hybridized carbons (Fsp3) is 0.421. The largest absolute Gasteiger partial charge is 0.444 e. The molecule has 2 saturated heterocycles. The number of anilines is 1. The second kappa shape index (κ2) is 5.41. The summed E-state index contributed by atoms with van der Waals surface area (Å²) in [6.07, 6.45) is 2.13. The van der Waals surface area contributed by atoms with Gasteiger partial charge in [0.05, 0.1) is 17.7 Å². The highest BCUT2D eigenvalue weighted by Crippen LogP contribution is 2.51. The number of hydrogen-bond acceptors (Lipinski definition) is 5. The molecule has 0 radical (unpaired) electrons. The maximum Gasteiger partial charge on any atom is 0.410 e. The van der Waals surface area contributed by atoms with Crippen LogP contribution in [-0.2, 0) is 19.1 Å². The van der Waals surface area contributed by atoms with Gasteiger partial charge in [-0.2, -0.15) is 0 Å². The second-order valence-electron chi connectivity index (χ2n) is 7.71. The van der Waals surface area contributed by atoms with Crippen molar-refractivity contribution in [3.05, 3.63) is 42.5 Å². The molecule has 3 heterocycles. The van der Waals surface area contributed by atoms with Gasteiger partial charge < -0.3 is 9.47 Å². The van der Waals surface area contributed by atoms with Crippen LogP contribution in [0.4, 0.5) is 10.5 Å². The van der Waals surface area contributed by atoms with E-state index in [2.05, 4.69) is 5.32 Å². The monoisotopic (exact) mass is 356 g/mol. The maximum atomic E-state index is 13.1. The third-order valence-electron chi connectivity index (χ3n) is 4.74. The Labute approximate surface area is 150 Å². The van der Waals surface area contributed by atoms with Gasteiger partial charge in [-0.15, -0.1) is 0 Å². The molecule has 0 unspecified atom stereocenters. The molecule has 2 fully saturated rings. The van der Waals surface area contributed by atoms with E-state index in [9.17, 15) is 14.4 Å². The molecule has 3 aliphatic rings. The minimum Gasteiger partial charge on any atom is -0.444 e. The molecular formula is C19H20N2O5. The molecule has 3 aliphatic heterocycles. The molecule has 1 aromatic carbocycles. The lowest BCUT2D eigenvalue weighted by atomic mass is 9.81. The molecule has 7 nitrogen and oxygen atoms in total. The van der Waals surface area contributed by atoms with E-state index in [4.69, 9.17) is 9.47 Å². The molecule has 0 saturated carbocycles. The van der Waals surface area contributed by atoms with Crippen LogP contribution in [0.5, 0.6) is 0 Å². The molecule has 1 aromatic rings. The number of alkyl carbamates (subject to hydrolysis) is 1. The third kappa shape index (κ3) is 2.42. The van der Waals surface area contributed by atoms with Gasteiger partial charge >= 0.3 is 6.09 Å². The van der Waals surface area contributed by atoms with Crippen LogP contribution in [0.25, 0.3) is 0 Å². The number of rotatable bonds is 2. The van der Waals surface area contributed by atoms with Crippen LogP contribution in [0.2, 0.25) is 0 Å². The van der Waals surface area contributed by atoms with Crippen molar-refractivity contribution in [3.8, 4) is 0 Å². The van der Waals surface area contributed by atoms with E-state index in [1.807, 2.05) is 6.07 Å². The summed E-state index contributed by atoms with van der Waals surface area (Å²) in [5.41, 5.74) is -1.52. The molecule has 4 rings (SSSR count). The molecule has 26 heavy (non-hydrogen) atoms. The fourth-order valence-electron chi connectivity index (χ4n) is 3.83. The van der Waals surface area contributed by atoms with E-state index in [-0.39, 0.29) is 11.8 Å². The van der Waals surface area contributed by atoms with Crippen LogP contribution < -0.4 is 10.2 Å². The average Bonchev–Trinajstić information content (AvgIpc) is 3.16. The van der Waals surface area contributed by atoms with Crippen LogP contribution >= 0.6 is 0 Å². The van der Waals surface area contributed by atoms with Crippen molar-refractivity contribution in [2.75, 3.05) is 4.90 Å². The lowest BCUT2D eigenvalue weighted by Gasteiger charge is -2.31. The Morgan fingerprint density at radius 1 is 1.19 bits per heavy atom. The van der Waals surface area contributed by atoms with Crippen molar-refractivity contribution in [2.24, 2.45) is 11.8 Å². The van der Waals surface area contributed by atoms with Crippen molar-refractivity contribution >= 4 is 23.6 Å². The van der Waals surface area contributed by atoms with Gasteiger partial charge in [0.1, 0.15) is 11.5 Å². The van der Waals surface area contributed by atoms with Gasteiger partial charge in [0.15, 0.2) is 5.72 Å². The number of carbonyl (C=O) groups is 3. The van der Waals surface area contributed by atoms with E-state index in [0.29, 0.717) is 5.69 Å². The normalized spacial score (nSPS) is 32.1. The first-order valence-electron chi connectivity index (χ1n) is 8.53. The number of benzene rings is 1. The number of carbonyl (C=O) groups excluding carboxylic acids is 3. The Kier molecular flexibility index (Phi) is 3.49. The summed E-state index contributed by atoms with van der Waals surface area (Å²) in [5, 5.41) is 2.66. The second-order valence-corrected chi connectivity index (χ2v) is 7.71. The van der Waals surface area contributed by atoms with Crippen molar-refractivity contribution < 1.29 is 23.9 Å². The van der Waals surface area contributed by atoms with E-state index < -0.39 is 35.4 Å². The van der Waals surface area contributed by atoms with E-state index in [0.717, 1.165) is 0 Å². The van der Waals surface area contributed by atoms with Gasteiger partial charge in [-0.05, 0) is 39.0 Å². The number of fused-ring (bicyclic) bond motifs is 5. The summed E-state index contributed by atoms with van der Waals surface area (Å²) in [7, 11) is 0. The Balaban J connectivity index is 1.64. The summed E-state index contributed by atoms with van der Waals surface area (Å²) in [5.74, 6) is -2.15. The number of hydrogen-bond donors (Lipinski definition) is 1. The van der Waals surface area contributed by atoms with Crippen LogP contribution in [-0.4, -0.2) is 35.3 Å². The predicted molar refractivity (Wildman–Crippen MR) is 92.0 cm³/mol. The topological polar surface area (TPSA) is 84.9 Å². The van der Waals surface area contributed by atoms with Crippen LogP contribution in [0.15, 0.2) is 42.5 Å². The standard InChI is InChI=1S/C19H20N2O5/c1-18(2,3)26-17(24)20-19-10-9-12(25-19)13-14(19)16(23)21(15(13)22)11-7-5-4-6-8-11/h4-10,12-14H,1-3H3,(H,20,24)/t12-,13-,14+,19+/m1/s1. The predicted octanol–water partition coefficient (Wildman–Crippen LogP) is 1.98. The lowest BCUT2D eigenvalue weighted by Crippen LogP contribution is -2.54. The van der Waals surface area contributed by atoms with Crippen molar-refractivity contribution in [2.45, 2.75) is 38.2 Å². The number of amides is 3. The third-order valence-corrected chi connectivity index (χ3v) is 4.74.